The topological polar surface area (TPSA) is 93.1 Å². The van der Waals surface area contributed by atoms with E-state index in [2.05, 4.69) is 30.4 Å². The van der Waals surface area contributed by atoms with Gasteiger partial charge in [-0.15, -0.1) is 0 Å². The van der Waals surface area contributed by atoms with Gasteiger partial charge >= 0.3 is 0 Å². The Hall–Kier alpha value is -3.89. The summed E-state index contributed by atoms with van der Waals surface area (Å²) < 4.78 is 36.5. The lowest BCUT2D eigenvalue weighted by atomic mass is 9.77. The zero-order chi connectivity index (χ0) is 30.7. The number of aryl methyl sites for hydroxylation is 1. The molecule has 0 saturated carbocycles. The Bertz CT molecular complexity index is 1610. The highest BCUT2D eigenvalue weighted by Crippen LogP contribution is 2.38. The molecule has 3 aromatic heterocycles. The van der Waals surface area contributed by atoms with Gasteiger partial charge in [0.05, 0.1) is 30.7 Å². The summed E-state index contributed by atoms with van der Waals surface area (Å²) in [6.45, 7) is 7.72. The van der Waals surface area contributed by atoms with E-state index in [9.17, 15) is 4.79 Å². The van der Waals surface area contributed by atoms with Crippen LogP contribution in [0.1, 0.15) is 66.3 Å². The molecule has 4 aromatic rings. The van der Waals surface area contributed by atoms with Gasteiger partial charge in [0.15, 0.2) is 0 Å². The third-order valence-corrected chi connectivity index (χ3v) is 9.02. The molecule has 1 amide bonds. The minimum atomic E-state index is -1.32. The molecule has 2 atom stereocenters. The SMILES string of the molecule is CC(C)C1(F)CCc2nc3c(F)cc(C(=O)NC(CCN4CCCOCC4)c4ccc(-c5ccnnc5)nc4)cc3cc2C1. The van der Waals surface area contributed by atoms with Crippen molar-refractivity contribution in [3.05, 3.63) is 83.2 Å². The van der Waals surface area contributed by atoms with Crippen molar-refractivity contribution in [3.8, 4) is 11.3 Å². The van der Waals surface area contributed by atoms with E-state index < -0.39 is 17.4 Å². The normalized spacial score (nSPS) is 19.8. The van der Waals surface area contributed by atoms with Crippen LogP contribution in [0.5, 0.6) is 0 Å². The highest BCUT2D eigenvalue weighted by molar-refractivity contribution is 5.98. The van der Waals surface area contributed by atoms with Gasteiger partial charge in [0.1, 0.15) is 17.0 Å². The molecule has 1 aliphatic carbocycles. The highest BCUT2D eigenvalue weighted by Gasteiger charge is 2.38. The molecule has 8 nitrogen and oxygen atoms in total. The van der Waals surface area contributed by atoms with Crippen molar-refractivity contribution in [1.29, 1.82) is 0 Å². The summed E-state index contributed by atoms with van der Waals surface area (Å²) in [7, 11) is 0. The van der Waals surface area contributed by atoms with Gasteiger partial charge in [-0.05, 0) is 73.1 Å². The average Bonchev–Trinajstić information content (AvgIpc) is 3.31. The fourth-order valence-corrected chi connectivity index (χ4v) is 6.17. The lowest BCUT2D eigenvalue weighted by Crippen LogP contribution is -2.36. The third-order valence-electron chi connectivity index (χ3n) is 9.02. The van der Waals surface area contributed by atoms with Crippen LogP contribution in [0.3, 0.4) is 0 Å². The van der Waals surface area contributed by atoms with Gasteiger partial charge in [-0.1, -0.05) is 19.9 Å². The molecule has 1 N–H and O–H groups in total. The van der Waals surface area contributed by atoms with Crippen LogP contribution in [0.4, 0.5) is 8.78 Å². The van der Waals surface area contributed by atoms with Gasteiger partial charge in [-0.3, -0.25) is 9.78 Å². The molecule has 230 valence electrons. The van der Waals surface area contributed by atoms with E-state index in [1.165, 1.54) is 6.07 Å². The first-order valence-electron chi connectivity index (χ1n) is 15.4. The monoisotopic (exact) mass is 600 g/mol. The lowest BCUT2D eigenvalue weighted by Gasteiger charge is -2.34. The van der Waals surface area contributed by atoms with Gasteiger partial charge in [0.25, 0.3) is 5.91 Å². The predicted octanol–water partition coefficient (Wildman–Crippen LogP) is 5.66. The van der Waals surface area contributed by atoms with Crippen molar-refractivity contribution in [2.45, 2.75) is 57.7 Å². The number of carbonyl (C=O) groups excluding carboxylic acids is 1. The molecule has 4 heterocycles. The number of hydrogen-bond acceptors (Lipinski definition) is 7. The van der Waals surface area contributed by atoms with Crippen LogP contribution in [-0.4, -0.2) is 69.5 Å². The number of ether oxygens (including phenoxy) is 1. The predicted molar refractivity (Wildman–Crippen MR) is 164 cm³/mol. The molecule has 10 heteroatoms. The fraction of sp³-hybridized carbons (Fsp3) is 0.441. The van der Waals surface area contributed by atoms with E-state index in [0.29, 0.717) is 31.3 Å². The molecular formula is C34H38F2N6O2. The maximum Gasteiger partial charge on any atom is 0.251 e. The van der Waals surface area contributed by atoms with E-state index in [-0.39, 0.29) is 29.5 Å². The second-order valence-electron chi connectivity index (χ2n) is 12.2. The number of pyridine rings is 2. The summed E-state index contributed by atoms with van der Waals surface area (Å²) in [5.74, 6) is -1.09. The molecule has 0 bridgehead atoms. The van der Waals surface area contributed by atoms with Crippen molar-refractivity contribution >= 4 is 16.8 Å². The molecule has 0 radical (unpaired) electrons. The Labute approximate surface area is 256 Å². The Kier molecular flexibility index (Phi) is 8.91. The summed E-state index contributed by atoms with van der Waals surface area (Å²) in [4.78, 5) is 25.2. The van der Waals surface area contributed by atoms with Crippen LogP contribution >= 0.6 is 0 Å². The maximum absolute atomic E-state index is 15.5. The van der Waals surface area contributed by atoms with Crippen LogP contribution in [0.25, 0.3) is 22.2 Å². The van der Waals surface area contributed by atoms with Gasteiger partial charge in [-0.25, -0.2) is 13.8 Å². The van der Waals surface area contributed by atoms with Crippen molar-refractivity contribution in [1.82, 2.24) is 30.4 Å². The Balaban J connectivity index is 1.26. The van der Waals surface area contributed by atoms with Crippen LogP contribution in [0, 0.1) is 11.7 Å². The van der Waals surface area contributed by atoms with Gasteiger partial charge < -0.3 is 15.0 Å². The maximum atomic E-state index is 15.5. The van der Waals surface area contributed by atoms with Crippen molar-refractivity contribution in [2.75, 3.05) is 32.8 Å². The average molecular weight is 601 g/mol. The summed E-state index contributed by atoms with van der Waals surface area (Å²) in [5, 5.41) is 11.4. The van der Waals surface area contributed by atoms with Gasteiger partial charge in [-0.2, -0.15) is 10.2 Å². The van der Waals surface area contributed by atoms with E-state index >= 15 is 8.78 Å². The molecule has 6 rings (SSSR count). The molecule has 1 aliphatic heterocycles. The van der Waals surface area contributed by atoms with Crippen molar-refractivity contribution in [2.24, 2.45) is 5.92 Å². The smallest absolute Gasteiger partial charge is 0.251 e. The Morgan fingerprint density at radius 2 is 2.00 bits per heavy atom. The van der Waals surface area contributed by atoms with Crippen molar-refractivity contribution < 1.29 is 18.3 Å². The van der Waals surface area contributed by atoms with E-state index in [1.807, 2.05) is 38.1 Å². The molecule has 2 unspecified atom stereocenters. The molecule has 44 heavy (non-hydrogen) atoms. The second-order valence-corrected chi connectivity index (χ2v) is 12.2. The zero-order valence-corrected chi connectivity index (χ0v) is 25.2. The first-order chi connectivity index (χ1) is 21.3. The Morgan fingerprint density at radius 3 is 2.77 bits per heavy atom. The quantitative estimate of drug-likeness (QED) is 0.279. The van der Waals surface area contributed by atoms with Gasteiger partial charge in [0, 0.05) is 61.1 Å². The zero-order valence-electron chi connectivity index (χ0n) is 25.2. The first-order valence-corrected chi connectivity index (χ1v) is 15.4. The van der Waals surface area contributed by atoms with E-state index in [0.717, 1.165) is 60.7 Å². The first kappa shape index (κ1) is 30.1. The standard InChI is InChI=1S/C34H38F2N6O2/c1-22(2)34(36)9-6-30-27(19-34)17-25-16-26(18-28(35)32(25)40-30)33(43)41-31(8-12-42-11-3-14-44-15-13-42)23-4-5-29(37-20-23)24-7-10-38-39-21-24/h4-5,7,10,16-18,20-22,31H,3,6,8-9,11-15,19H2,1-2H3,(H,41,43). The summed E-state index contributed by atoms with van der Waals surface area (Å²) in [6, 6.07) is 10.0. The number of aromatic nitrogens is 4. The van der Waals surface area contributed by atoms with Crippen molar-refractivity contribution in [3.63, 3.8) is 0 Å². The second kappa shape index (κ2) is 13.0. The van der Waals surface area contributed by atoms with Gasteiger partial charge in [0.2, 0.25) is 0 Å². The number of halogens is 2. The fourth-order valence-electron chi connectivity index (χ4n) is 6.17. The van der Waals surface area contributed by atoms with Crippen LogP contribution in [-0.2, 0) is 17.6 Å². The van der Waals surface area contributed by atoms with Crippen LogP contribution in [0.15, 0.2) is 55.0 Å². The minimum Gasteiger partial charge on any atom is -0.380 e. The van der Waals surface area contributed by atoms with Crippen LogP contribution in [0.2, 0.25) is 0 Å². The number of benzene rings is 1. The summed E-state index contributed by atoms with van der Waals surface area (Å²) >= 11 is 0. The molecule has 1 fully saturated rings. The number of fused-ring (bicyclic) bond motifs is 2. The minimum absolute atomic E-state index is 0.135. The lowest BCUT2D eigenvalue weighted by molar-refractivity contribution is 0.0821. The number of hydrogen-bond donors (Lipinski definition) is 1. The number of alkyl halides is 1. The largest absolute Gasteiger partial charge is 0.380 e. The summed E-state index contributed by atoms with van der Waals surface area (Å²) in [5.41, 5.74) is 3.05. The molecular weight excluding hydrogens is 562 g/mol. The number of nitrogens with zero attached hydrogens (tertiary/aromatic N) is 5. The summed E-state index contributed by atoms with van der Waals surface area (Å²) in [6.07, 6.45) is 7.72. The van der Waals surface area contributed by atoms with E-state index in [1.54, 1.807) is 24.7 Å². The third kappa shape index (κ3) is 6.61. The molecule has 1 aromatic carbocycles. The molecule has 2 aliphatic rings. The Morgan fingerprint density at radius 1 is 1.11 bits per heavy atom. The van der Waals surface area contributed by atoms with Crippen LogP contribution < -0.4 is 5.32 Å². The number of amides is 1. The molecule has 0 spiro atoms. The number of nitrogens with one attached hydrogen (secondary N) is 1. The number of carbonyl (C=O) groups is 1. The highest BCUT2D eigenvalue weighted by atomic mass is 19.1. The van der Waals surface area contributed by atoms with E-state index in [4.69, 9.17) is 4.74 Å². The molecule has 1 saturated heterocycles. The number of rotatable bonds is 8.